The molecule has 0 N–H and O–H groups in total. The number of ether oxygens (including phenoxy) is 4. The van der Waals surface area contributed by atoms with E-state index in [1.54, 1.807) is 7.11 Å². The van der Waals surface area contributed by atoms with Crippen LogP contribution >= 0.6 is 0 Å². The second-order valence-electron chi connectivity index (χ2n) is 8.18. The third-order valence-corrected chi connectivity index (χ3v) is 6.52. The Hall–Kier alpha value is -1.63. The van der Waals surface area contributed by atoms with E-state index in [0.717, 1.165) is 50.1 Å². The average molecular weight is 420 g/mol. The lowest BCUT2D eigenvalue weighted by Gasteiger charge is -2.35. The number of carbonyl (C=O) groups excluding carboxylic acids is 1. The predicted octanol–water partition coefficient (Wildman–Crippen LogP) is 3.78. The van der Waals surface area contributed by atoms with Gasteiger partial charge in [0, 0.05) is 38.3 Å². The van der Waals surface area contributed by atoms with E-state index in [4.69, 9.17) is 18.9 Å². The highest BCUT2D eigenvalue weighted by molar-refractivity contribution is 5.82. The Morgan fingerprint density at radius 3 is 2.30 bits per heavy atom. The minimum absolute atomic E-state index is 0.0768. The van der Waals surface area contributed by atoms with Crippen LogP contribution in [0.4, 0.5) is 0 Å². The molecule has 6 nitrogen and oxygen atoms in total. The van der Waals surface area contributed by atoms with E-state index in [1.165, 1.54) is 0 Å². The summed E-state index contributed by atoms with van der Waals surface area (Å²) in [6.45, 7) is 8.80. The largest absolute Gasteiger partial charge is 0.497 e. The highest BCUT2D eigenvalue weighted by atomic mass is 16.6. The quantitative estimate of drug-likeness (QED) is 0.568. The van der Waals surface area contributed by atoms with Gasteiger partial charge in [0.05, 0.1) is 19.8 Å². The monoisotopic (exact) mass is 419 g/mol. The molecule has 1 saturated heterocycles. The summed E-state index contributed by atoms with van der Waals surface area (Å²) in [6, 6.07) is 8.44. The first-order valence-electron chi connectivity index (χ1n) is 11.4. The normalized spacial score (nSPS) is 29.7. The molecule has 30 heavy (non-hydrogen) atoms. The van der Waals surface area contributed by atoms with Crippen LogP contribution in [0, 0.1) is 0 Å². The molecule has 0 spiro atoms. The molecule has 0 amide bonds. The van der Waals surface area contributed by atoms with Crippen LogP contribution in [0.1, 0.15) is 57.9 Å². The van der Waals surface area contributed by atoms with Crippen LogP contribution < -0.4 is 4.74 Å². The lowest BCUT2D eigenvalue weighted by molar-refractivity contribution is -0.172. The number of nitrogens with zero attached hydrogens (tertiary/aromatic N) is 1. The highest BCUT2D eigenvalue weighted by Crippen LogP contribution is 2.43. The molecule has 3 rings (SSSR count). The fraction of sp³-hybridized carbons (Fsp3) is 0.708. The van der Waals surface area contributed by atoms with Crippen LogP contribution in [0.25, 0.3) is 0 Å². The van der Waals surface area contributed by atoms with Crippen molar-refractivity contribution in [2.75, 3.05) is 40.0 Å². The fourth-order valence-corrected chi connectivity index (χ4v) is 5.08. The first-order chi connectivity index (χ1) is 14.6. The summed E-state index contributed by atoms with van der Waals surface area (Å²) in [4.78, 5) is 15.7. The minimum atomic E-state index is -0.976. The number of likely N-dealkylation sites (tertiary alicyclic amines) is 1. The standard InChI is InChI=1S/C24H37NO5/c1-5-28-21-14-10-19(11-15-21)25-16-22(18-8-12-20(27-4)13-9-18)24(17-25,30-7-3)23(26)29-6-2/h8-9,12-13,19,21-22H,5-7,10-11,14-17H2,1-4H3/t19-,21-,22-,24-/m0/s1. The van der Waals surface area contributed by atoms with Gasteiger partial charge in [0.25, 0.3) is 0 Å². The zero-order valence-electron chi connectivity index (χ0n) is 18.9. The van der Waals surface area contributed by atoms with E-state index >= 15 is 0 Å². The Bertz CT molecular complexity index is 671. The number of carbonyl (C=O) groups is 1. The van der Waals surface area contributed by atoms with Crippen molar-refractivity contribution in [1.29, 1.82) is 0 Å². The predicted molar refractivity (Wildman–Crippen MR) is 116 cm³/mol. The van der Waals surface area contributed by atoms with Gasteiger partial charge in [-0.25, -0.2) is 4.79 Å². The van der Waals surface area contributed by atoms with Crippen molar-refractivity contribution in [3.05, 3.63) is 29.8 Å². The molecule has 1 heterocycles. The van der Waals surface area contributed by atoms with Crippen molar-refractivity contribution in [3.8, 4) is 5.75 Å². The summed E-state index contributed by atoms with van der Waals surface area (Å²) in [5.74, 6) is 0.478. The average Bonchev–Trinajstić information content (AvgIpc) is 3.16. The second-order valence-corrected chi connectivity index (χ2v) is 8.18. The molecule has 2 fully saturated rings. The molecule has 1 saturated carbocycles. The molecule has 168 valence electrons. The molecule has 1 aliphatic carbocycles. The smallest absolute Gasteiger partial charge is 0.340 e. The van der Waals surface area contributed by atoms with Crippen LogP contribution in [-0.2, 0) is 19.0 Å². The van der Waals surface area contributed by atoms with E-state index in [0.29, 0.717) is 31.9 Å². The van der Waals surface area contributed by atoms with Crippen molar-refractivity contribution in [2.24, 2.45) is 0 Å². The van der Waals surface area contributed by atoms with Crippen LogP contribution in [0.3, 0.4) is 0 Å². The summed E-state index contributed by atoms with van der Waals surface area (Å²) in [5, 5.41) is 0. The molecule has 2 atom stereocenters. The first kappa shape index (κ1) is 23.0. The van der Waals surface area contributed by atoms with Gasteiger partial charge >= 0.3 is 5.97 Å². The zero-order valence-corrected chi connectivity index (χ0v) is 18.9. The van der Waals surface area contributed by atoms with E-state index in [2.05, 4.69) is 11.8 Å². The summed E-state index contributed by atoms with van der Waals surface area (Å²) in [5.41, 5.74) is 0.110. The Morgan fingerprint density at radius 1 is 1.03 bits per heavy atom. The minimum Gasteiger partial charge on any atom is -0.497 e. The Balaban J connectivity index is 1.85. The Morgan fingerprint density at radius 2 is 1.73 bits per heavy atom. The fourth-order valence-electron chi connectivity index (χ4n) is 5.08. The van der Waals surface area contributed by atoms with Gasteiger partial charge in [-0.15, -0.1) is 0 Å². The third kappa shape index (κ3) is 4.82. The van der Waals surface area contributed by atoms with Gasteiger partial charge in [0.1, 0.15) is 5.75 Å². The number of rotatable bonds is 9. The molecule has 0 unspecified atom stereocenters. The van der Waals surface area contributed by atoms with Crippen molar-refractivity contribution in [2.45, 2.75) is 70.1 Å². The van der Waals surface area contributed by atoms with Gasteiger partial charge in [-0.3, -0.25) is 4.90 Å². The van der Waals surface area contributed by atoms with Crippen molar-refractivity contribution in [1.82, 2.24) is 4.90 Å². The molecule has 2 aliphatic rings. The first-order valence-corrected chi connectivity index (χ1v) is 11.4. The van der Waals surface area contributed by atoms with Crippen LogP contribution in [0.2, 0.25) is 0 Å². The van der Waals surface area contributed by atoms with Gasteiger partial charge in [-0.05, 0) is 64.2 Å². The van der Waals surface area contributed by atoms with Crippen LogP contribution in [0.15, 0.2) is 24.3 Å². The van der Waals surface area contributed by atoms with Gasteiger partial charge in [0.15, 0.2) is 5.60 Å². The summed E-state index contributed by atoms with van der Waals surface area (Å²) >= 11 is 0. The molecule has 0 radical (unpaired) electrons. The van der Waals surface area contributed by atoms with Crippen molar-refractivity contribution >= 4 is 5.97 Å². The van der Waals surface area contributed by atoms with Gasteiger partial charge in [-0.2, -0.15) is 0 Å². The summed E-state index contributed by atoms with van der Waals surface area (Å²) < 4.78 is 22.9. The topological polar surface area (TPSA) is 57.2 Å². The summed E-state index contributed by atoms with van der Waals surface area (Å²) in [7, 11) is 1.66. The van der Waals surface area contributed by atoms with Gasteiger partial charge in [-0.1, -0.05) is 12.1 Å². The van der Waals surface area contributed by atoms with Gasteiger partial charge < -0.3 is 18.9 Å². The van der Waals surface area contributed by atoms with Crippen LogP contribution in [-0.4, -0.2) is 68.6 Å². The SMILES string of the molecule is CCOC(=O)[C@]1(OCC)CN([C@H]2CC[C@H](OCC)CC2)C[C@H]1c1ccc(OC)cc1. The Kier molecular flexibility index (Phi) is 8.14. The van der Waals surface area contributed by atoms with Crippen molar-refractivity contribution < 1.29 is 23.7 Å². The van der Waals surface area contributed by atoms with Crippen molar-refractivity contribution in [3.63, 3.8) is 0 Å². The Labute approximate surface area is 180 Å². The summed E-state index contributed by atoms with van der Waals surface area (Å²) in [6.07, 6.45) is 4.69. The van der Waals surface area contributed by atoms with E-state index in [9.17, 15) is 4.79 Å². The molecule has 0 bridgehead atoms. The highest BCUT2D eigenvalue weighted by Gasteiger charge is 2.56. The number of benzene rings is 1. The maximum Gasteiger partial charge on any atom is 0.340 e. The van der Waals surface area contributed by atoms with E-state index in [1.807, 2.05) is 38.1 Å². The molecule has 0 aromatic heterocycles. The lowest BCUT2D eigenvalue weighted by Crippen LogP contribution is -2.50. The molecule has 1 aliphatic heterocycles. The van der Waals surface area contributed by atoms with Crippen LogP contribution in [0.5, 0.6) is 5.75 Å². The molecule has 6 heteroatoms. The van der Waals surface area contributed by atoms with Gasteiger partial charge in [0.2, 0.25) is 0 Å². The lowest BCUT2D eigenvalue weighted by atomic mass is 9.84. The zero-order chi connectivity index (χ0) is 21.6. The maximum atomic E-state index is 13.2. The molecule has 1 aromatic carbocycles. The van der Waals surface area contributed by atoms with E-state index in [-0.39, 0.29) is 11.9 Å². The third-order valence-electron chi connectivity index (χ3n) is 6.52. The second kappa shape index (κ2) is 10.6. The number of esters is 1. The number of hydrogen-bond donors (Lipinski definition) is 0. The number of hydrogen-bond acceptors (Lipinski definition) is 6. The number of methoxy groups -OCH3 is 1. The maximum absolute atomic E-state index is 13.2. The molecular weight excluding hydrogens is 382 g/mol. The molecular formula is C24H37NO5. The molecule has 1 aromatic rings. The van der Waals surface area contributed by atoms with E-state index < -0.39 is 5.60 Å².